The molecule has 0 aliphatic carbocycles. The van der Waals surface area contributed by atoms with Crippen molar-refractivity contribution in [3.63, 3.8) is 0 Å². The lowest BCUT2D eigenvalue weighted by molar-refractivity contribution is 0.353. The summed E-state index contributed by atoms with van der Waals surface area (Å²) in [5.41, 5.74) is 1.77. The van der Waals surface area contributed by atoms with E-state index in [2.05, 4.69) is 15.3 Å². The van der Waals surface area contributed by atoms with E-state index in [1.54, 1.807) is 0 Å². The molecule has 2 N–H and O–H groups in total. The highest BCUT2D eigenvalue weighted by Crippen LogP contribution is 2.18. The molecule has 0 atom stereocenters. The molecule has 0 amide bonds. The summed E-state index contributed by atoms with van der Waals surface area (Å²) in [5, 5.41) is 3.37. The van der Waals surface area contributed by atoms with Crippen molar-refractivity contribution in [3.8, 4) is 0 Å². The average Bonchev–Trinajstić information content (AvgIpc) is 2.33. The first-order chi connectivity index (χ1) is 8.16. The molecule has 4 nitrogen and oxygen atoms in total. The molecule has 0 saturated carbocycles. The summed E-state index contributed by atoms with van der Waals surface area (Å²) in [5.74, 6) is 1.51. The average molecular weight is 235 g/mol. The highest BCUT2D eigenvalue weighted by Gasteiger charge is 2.14. The highest BCUT2D eigenvalue weighted by atomic mass is 16.1. The van der Waals surface area contributed by atoms with Crippen molar-refractivity contribution in [2.24, 2.45) is 5.92 Å². The Labute approximate surface area is 102 Å². The van der Waals surface area contributed by atoms with E-state index >= 15 is 0 Å². The van der Waals surface area contributed by atoms with Gasteiger partial charge in [0, 0.05) is 5.56 Å². The third-order valence-corrected chi connectivity index (χ3v) is 3.62. The van der Waals surface area contributed by atoms with Crippen LogP contribution in [0.2, 0.25) is 0 Å². The number of nitrogens with one attached hydrogen (secondary N) is 2. The van der Waals surface area contributed by atoms with Crippen LogP contribution in [0.5, 0.6) is 0 Å². The summed E-state index contributed by atoms with van der Waals surface area (Å²) in [6.45, 7) is 5.97. The van der Waals surface area contributed by atoms with Gasteiger partial charge in [0.15, 0.2) is 0 Å². The molecule has 1 aromatic heterocycles. The number of aryl methyl sites for hydroxylation is 2. The van der Waals surface area contributed by atoms with Crippen LogP contribution in [0.25, 0.3) is 0 Å². The van der Waals surface area contributed by atoms with E-state index in [1.165, 1.54) is 12.8 Å². The molecule has 0 aromatic carbocycles. The second-order valence-electron chi connectivity index (χ2n) is 4.96. The number of aromatic nitrogens is 2. The van der Waals surface area contributed by atoms with Gasteiger partial charge in [0.05, 0.1) is 5.69 Å². The monoisotopic (exact) mass is 235 g/mol. The Morgan fingerprint density at radius 2 is 2.00 bits per heavy atom. The van der Waals surface area contributed by atoms with Crippen LogP contribution in [-0.2, 0) is 6.42 Å². The van der Waals surface area contributed by atoms with Gasteiger partial charge in [0.2, 0.25) is 0 Å². The van der Waals surface area contributed by atoms with Crippen LogP contribution in [0.4, 0.5) is 0 Å². The molecule has 1 aliphatic heterocycles. The first kappa shape index (κ1) is 12.3. The van der Waals surface area contributed by atoms with Gasteiger partial charge in [0.1, 0.15) is 5.82 Å². The number of rotatable bonds is 3. The fraction of sp³-hybridized carbons (Fsp3) is 0.692. The zero-order chi connectivity index (χ0) is 12.3. The van der Waals surface area contributed by atoms with E-state index in [0.717, 1.165) is 48.9 Å². The van der Waals surface area contributed by atoms with Crippen molar-refractivity contribution in [2.45, 2.75) is 39.5 Å². The van der Waals surface area contributed by atoms with E-state index < -0.39 is 0 Å². The number of aromatic amines is 1. The van der Waals surface area contributed by atoms with Gasteiger partial charge in [-0.25, -0.2) is 4.98 Å². The van der Waals surface area contributed by atoms with Crippen molar-refractivity contribution in [3.05, 3.63) is 27.4 Å². The largest absolute Gasteiger partial charge is 0.317 e. The molecule has 94 valence electrons. The van der Waals surface area contributed by atoms with Crippen LogP contribution in [0, 0.1) is 19.8 Å². The molecule has 0 bridgehead atoms. The minimum Gasteiger partial charge on any atom is -0.317 e. The van der Waals surface area contributed by atoms with Crippen LogP contribution in [0.3, 0.4) is 0 Å². The molecule has 1 saturated heterocycles. The number of nitrogens with zero attached hydrogens (tertiary/aromatic N) is 1. The Morgan fingerprint density at radius 1 is 1.29 bits per heavy atom. The number of H-pyrrole nitrogens is 1. The summed E-state index contributed by atoms with van der Waals surface area (Å²) in [4.78, 5) is 18.8. The maximum atomic E-state index is 11.6. The summed E-state index contributed by atoms with van der Waals surface area (Å²) < 4.78 is 0. The Hall–Kier alpha value is -1.16. The van der Waals surface area contributed by atoms with E-state index in [1.807, 2.05) is 13.8 Å². The standard InChI is InChI=1S/C13H21N3O/c1-9-12(15-10(2)16-13(9)17)4-3-11-5-7-14-8-6-11/h11,14H,3-8H2,1-2H3,(H,15,16,17). The lowest BCUT2D eigenvalue weighted by atomic mass is 9.92. The fourth-order valence-electron chi connectivity index (χ4n) is 2.46. The number of hydrogen-bond acceptors (Lipinski definition) is 3. The summed E-state index contributed by atoms with van der Waals surface area (Å²) in [6, 6.07) is 0. The lowest BCUT2D eigenvalue weighted by Gasteiger charge is -2.22. The van der Waals surface area contributed by atoms with Gasteiger partial charge in [0.25, 0.3) is 5.56 Å². The van der Waals surface area contributed by atoms with Crippen LogP contribution in [0.15, 0.2) is 4.79 Å². The number of piperidine rings is 1. The quantitative estimate of drug-likeness (QED) is 0.830. The van der Waals surface area contributed by atoms with E-state index in [-0.39, 0.29) is 5.56 Å². The minimum absolute atomic E-state index is 0.0119. The van der Waals surface area contributed by atoms with Gasteiger partial charge in [-0.15, -0.1) is 0 Å². The third kappa shape index (κ3) is 3.16. The van der Waals surface area contributed by atoms with E-state index in [9.17, 15) is 4.79 Å². The van der Waals surface area contributed by atoms with Gasteiger partial charge in [-0.1, -0.05) is 0 Å². The smallest absolute Gasteiger partial charge is 0.254 e. The summed E-state index contributed by atoms with van der Waals surface area (Å²) in [7, 11) is 0. The lowest BCUT2D eigenvalue weighted by Crippen LogP contribution is -2.28. The Kier molecular flexibility index (Phi) is 3.94. The molecular weight excluding hydrogens is 214 g/mol. The Bertz CT molecular complexity index is 433. The molecule has 2 heterocycles. The molecular formula is C13H21N3O. The van der Waals surface area contributed by atoms with Crippen LogP contribution < -0.4 is 10.9 Å². The molecule has 1 fully saturated rings. The fourth-order valence-corrected chi connectivity index (χ4v) is 2.46. The second kappa shape index (κ2) is 5.45. The first-order valence-corrected chi connectivity index (χ1v) is 6.44. The summed E-state index contributed by atoms with van der Waals surface area (Å²) >= 11 is 0. The van der Waals surface area contributed by atoms with Crippen molar-refractivity contribution >= 4 is 0 Å². The van der Waals surface area contributed by atoms with Crippen molar-refractivity contribution in [2.75, 3.05) is 13.1 Å². The molecule has 17 heavy (non-hydrogen) atoms. The van der Waals surface area contributed by atoms with Gasteiger partial charge >= 0.3 is 0 Å². The zero-order valence-corrected chi connectivity index (χ0v) is 10.7. The molecule has 4 heteroatoms. The molecule has 1 aromatic rings. The Balaban J connectivity index is 2.00. The van der Waals surface area contributed by atoms with Crippen molar-refractivity contribution in [1.29, 1.82) is 0 Å². The Morgan fingerprint density at radius 3 is 2.71 bits per heavy atom. The molecule has 0 radical (unpaired) electrons. The van der Waals surface area contributed by atoms with Gasteiger partial charge < -0.3 is 10.3 Å². The van der Waals surface area contributed by atoms with Crippen LogP contribution in [0.1, 0.15) is 36.3 Å². The predicted molar refractivity (Wildman–Crippen MR) is 68.2 cm³/mol. The SMILES string of the molecule is Cc1nc(CCC2CCNCC2)c(C)c(=O)[nH]1. The molecule has 0 spiro atoms. The van der Waals surface area contributed by atoms with Gasteiger partial charge in [-0.05, 0) is 58.5 Å². The van der Waals surface area contributed by atoms with Crippen molar-refractivity contribution < 1.29 is 0 Å². The summed E-state index contributed by atoms with van der Waals surface area (Å²) in [6.07, 6.45) is 4.59. The van der Waals surface area contributed by atoms with E-state index in [4.69, 9.17) is 0 Å². The van der Waals surface area contributed by atoms with Crippen LogP contribution >= 0.6 is 0 Å². The maximum Gasteiger partial charge on any atom is 0.254 e. The predicted octanol–water partition coefficient (Wildman–Crippen LogP) is 1.32. The molecule has 0 unspecified atom stereocenters. The minimum atomic E-state index is 0.0119. The third-order valence-electron chi connectivity index (χ3n) is 3.62. The highest BCUT2D eigenvalue weighted by molar-refractivity contribution is 5.15. The normalized spacial score (nSPS) is 17.3. The maximum absolute atomic E-state index is 11.6. The zero-order valence-electron chi connectivity index (χ0n) is 10.7. The molecule has 1 aliphatic rings. The van der Waals surface area contributed by atoms with Gasteiger partial charge in [-0.2, -0.15) is 0 Å². The number of hydrogen-bond donors (Lipinski definition) is 2. The molecule has 2 rings (SSSR count). The van der Waals surface area contributed by atoms with Crippen molar-refractivity contribution in [1.82, 2.24) is 15.3 Å². The second-order valence-corrected chi connectivity index (χ2v) is 4.96. The first-order valence-electron chi connectivity index (χ1n) is 6.44. The van der Waals surface area contributed by atoms with Crippen LogP contribution in [-0.4, -0.2) is 23.1 Å². The van der Waals surface area contributed by atoms with E-state index in [0.29, 0.717) is 0 Å². The topological polar surface area (TPSA) is 57.8 Å². The van der Waals surface area contributed by atoms with Gasteiger partial charge in [-0.3, -0.25) is 4.79 Å².